The molecule has 25 heavy (non-hydrogen) atoms. The lowest BCUT2D eigenvalue weighted by atomic mass is 10.2. The molecule has 0 spiro atoms. The van der Waals surface area contributed by atoms with Crippen LogP contribution in [0.3, 0.4) is 0 Å². The van der Waals surface area contributed by atoms with Crippen molar-refractivity contribution in [3.05, 3.63) is 54.2 Å². The van der Waals surface area contributed by atoms with E-state index in [9.17, 15) is 9.59 Å². The zero-order valence-electron chi connectivity index (χ0n) is 14.0. The molecule has 1 aromatic carbocycles. The van der Waals surface area contributed by atoms with Gasteiger partial charge in [0, 0.05) is 17.3 Å². The maximum absolute atomic E-state index is 12.2. The van der Waals surface area contributed by atoms with Gasteiger partial charge >= 0.3 is 0 Å². The third-order valence-electron chi connectivity index (χ3n) is 4.37. The van der Waals surface area contributed by atoms with E-state index in [-0.39, 0.29) is 5.91 Å². The summed E-state index contributed by atoms with van der Waals surface area (Å²) in [5, 5.41) is 2.87. The first-order chi connectivity index (χ1) is 12.1. The number of rotatable bonds is 5. The Hall–Kier alpha value is -2.93. The number of piperazine rings is 1. The van der Waals surface area contributed by atoms with Gasteiger partial charge in [0.25, 0.3) is 11.7 Å². The van der Waals surface area contributed by atoms with Gasteiger partial charge < -0.3 is 16.0 Å². The van der Waals surface area contributed by atoms with Crippen molar-refractivity contribution >= 4 is 23.3 Å². The van der Waals surface area contributed by atoms with E-state index in [1.165, 1.54) is 4.90 Å². The van der Waals surface area contributed by atoms with E-state index in [4.69, 9.17) is 5.73 Å². The zero-order chi connectivity index (χ0) is 17.6. The number of aromatic nitrogens is 1. The number of quaternary nitrogens is 1. The second-order valence-corrected chi connectivity index (χ2v) is 6.15. The van der Waals surface area contributed by atoms with E-state index in [1.54, 1.807) is 24.3 Å². The number of anilines is 2. The summed E-state index contributed by atoms with van der Waals surface area (Å²) in [5.41, 5.74) is 6.31. The van der Waals surface area contributed by atoms with Crippen molar-refractivity contribution in [2.75, 3.05) is 42.9 Å². The Morgan fingerprint density at radius 3 is 2.44 bits per heavy atom. The van der Waals surface area contributed by atoms with Crippen molar-refractivity contribution in [1.82, 2.24) is 0 Å². The molecule has 2 heterocycles. The van der Waals surface area contributed by atoms with Crippen LogP contribution in [0.1, 0.15) is 10.4 Å². The number of aromatic amines is 1. The van der Waals surface area contributed by atoms with Gasteiger partial charge in [-0.3, -0.25) is 14.5 Å². The number of benzene rings is 1. The summed E-state index contributed by atoms with van der Waals surface area (Å²) in [4.78, 5) is 30.1. The highest BCUT2D eigenvalue weighted by Crippen LogP contribution is 2.09. The van der Waals surface area contributed by atoms with Crippen LogP contribution >= 0.6 is 0 Å². The summed E-state index contributed by atoms with van der Waals surface area (Å²) in [7, 11) is 0. The molecule has 0 atom stereocenters. The molecule has 1 aromatic heterocycles. The van der Waals surface area contributed by atoms with Crippen LogP contribution in [0.2, 0.25) is 0 Å². The molecule has 0 aliphatic carbocycles. The highest BCUT2D eigenvalue weighted by Gasteiger charge is 2.27. The molecule has 2 aromatic rings. The summed E-state index contributed by atoms with van der Waals surface area (Å²) in [6.07, 6.45) is 1.92. The summed E-state index contributed by atoms with van der Waals surface area (Å²) < 4.78 is 0. The van der Waals surface area contributed by atoms with Crippen LogP contribution in [0.15, 0.2) is 48.7 Å². The first kappa shape index (κ1) is 16.9. The molecule has 130 valence electrons. The lowest BCUT2D eigenvalue weighted by Crippen LogP contribution is -3.15. The largest absolute Gasteiger partial charge is 0.366 e. The molecule has 0 unspecified atom stereocenters. The van der Waals surface area contributed by atoms with E-state index < -0.39 is 5.91 Å². The number of nitrogens with two attached hydrogens (primary N) is 1. The van der Waals surface area contributed by atoms with E-state index in [1.807, 2.05) is 18.3 Å². The van der Waals surface area contributed by atoms with Crippen molar-refractivity contribution in [3.8, 4) is 0 Å². The normalized spacial score (nSPS) is 15.0. The van der Waals surface area contributed by atoms with Crippen LogP contribution in [0, 0.1) is 0 Å². The molecule has 3 rings (SSSR count). The minimum absolute atomic E-state index is 0.0263. The number of carbonyl (C=O) groups is 2. The highest BCUT2D eigenvalue weighted by molar-refractivity contribution is 5.95. The maximum Gasteiger partial charge on any atom is 0.279 e. The third-order valence-corrected chi connectivity index (χ3v) is 4.37. The van der Waals surface area contributed by atoms with Gasteiger partial charge in [0.05, 0.1) is 6.20 Å². The van der Waals surface area contributed by atoms with Gasteiger partial charge in [-0.15, -0.1) is 0 Å². The van der Waals surface area contributed by atoms with Gasteiger partial charge in [-0.05, 0) is 30.3 Å². The van der Waals surface area contributed by atoms with Crippen LogP contribution in [-0.2, 0) is 4.79 Å². The minimum Gasteiger partial charge on any atom is -0.366 e. The van der Waals surface area contributed by atoms with Crippen molar-refractivity contribution < 1.29 is 19.5 Å². The van der Waals surface area contributed by atoms with Crippen molar-refractivity contribution in [3.63, 3.8) is 0 Å². The molecule has 7 nitrogen and oxygen atoms in total. The quantitative estimate of drug-likeness (QED) is 0.647. The van der Waals surface area contributed by atoms with Crippen molar-refractivity contribution in [2.24, 2.45) is 5.73 Å². The molecule has 1 saturated heterocycles. The van der Waals surface area contributed by atoms with Crippen LogP contribution in [0.25, 0.3) is 0 Å². The Labute approximate surface area is 146 Å². The Bertz CT molecular complexity index is 725. The summed E-state index contributed by atoms with van der Waals surface area (Å²) >= 11 is 0. The van der Waals surface area contributed by atoms with Crippen LogP contribution in [0.4, 0.5) is 11.5 Å². The molecule has 0 saturated carbocycles. The molecule has 2 amide bonds. The van der Waals surface area contributed by atoms with Crippen molar-refractivity contribution in [1.29, 1.82) is 0 Å². The standard InChI is InChI=1S/C18H21N5O2/c19-18(25)14-4-6-15(7-5-14)21-17(24)13-22-9-11-23(12-10-22)16-3-1-2-8-20-16/h1-8H,9-13H2,(H2,19,25)(H,21,24)/p+2. The molecule has 1 aliphatic heterocycles. The number of pyridine rings is 1. The monoisotopic (exact) mass is 341 g/mol. The predicted molar refractivity (Wildman–Crippen MR) is 94.4 cm³/mol. The van der Waals surface area contributed by atoms with E-state index in [0.29, 0.717) is 17.8 Å². The lowest BCUT2D eigenvalue weighted by Gasteiger charge is -2.27. The topological polar surface area (TPSA) is 94.0 Å². The maximum atomic E-state index is 12.2. The third kappa shape index (κ3) is 4.54. The fourth-order valence-corrected chi connectivity index (χ4v) is 2.97. The Morgan fingerprint density at radius 1 is 1.12 bits per heavy atom. The number of primary amides is 1. The predicted octanol–water partition coefficient (Wildman–Crippen LogP) is -1.06. The van der Waals surface area contributed by atoms with Gasteiger partial charge in [-0.2, -0.15) is 0 Å². The zero-order valence-corrected chi connectivity index (χ0v) is 14.0. The Kier molecular flexibility index (Phi) is 5.25. The van der Waals surface area contributed by atoms with Crippen LogP contribution < -0.4 is 25.8 Å². The summed E-state index contributed by atoms with van der Waals surface area (Å²) in [6, 6.07) is 12.6. The minimum atomic E-state index is -0.476. The second-order valence-electron chi connectivity index (χ2n) is 6.15. The molecular formula is C18H23N5O2+2. The number of hydrogen-bond acceptors (Lipinski definition) is 3. The fourth-order valence-electron chi connectivity index (χ4n) is 2.97. The van der Waals surface area contributed by atoms with Gasteiger partial charge in [-0.1, -0.05) is 6.07 Å². The smallest absolute Gasteiger partial charge is 0.279 e. The van der Waals surface area contributed by atoms with Gasteiger partial charge in [0.1, 0.15) is 26.2 Å². The van der Waals surface area contributed by atoms with E-state index in [0.717, 1.165) is 32.0 Å². The Balaban J connectivity index is 1.47. The number of nitrogens with one attached hydrogen (secondary N) is 3. The summed E-state index contributed by atoms with van der Waals surface area (Å²) in [6.45, 7) is 4.09. The number of hydrogen-bond donors (Lipinski definition) is 3. The molecule has 0 bridgehead atoms. The fraction of sp³-hybridized carbons (Fsp3) is 0.278. The molecule has 5 N–H and O–H groups in total. The van der Waals surface area contributed by atoms with E-state index in [2.05, 4.69) is 21.3 Å². The first-order valence-corrected chi connectivity index (χ1v) is 8.37. The van der Waals surface area contributed by atoms with Crippen LogP contribution in [0.5, 0.6) is 0 Å². The SMILES string of the molecule is NC(=O)c1ccc(NC(=O)C[NH+]2CCN(c3cccc[nH+]3)CC2)cc1. The summed E-state index contributed by atoms with van der Waals surface area (Å²) in [5.74, 6) is 0.609. The van der Waals surface area contributed by atoms with Gasteiger partial charge in [-0.25, -0.2) is 4.98 Å². The number of amides is 2. The molecule has 1 aliphatic rings. The van der Waals surface area contributed by atoms with Crippen LogP contribution in [-0.4, -0.2) is 44.5 Å². The van der Waals surface area contributed by atoms with Gasteiger partial charge in [0.2, 0.25) is 5.91 Å². The number of H-pyrrole nitrogens is 1. The lowest BCUT2D eigenvalue weighted by molar-refractivity contribution is -0.892. The number of carbonyl (C=O) groups excluding carboxylic acids is 2. The Morgan fingerprint density at radius 2 is 1.84 bits per heavy atom. The molecule has 0 radical (unpaired) electrons. The van der Waals surface area contributed by atoms with Gasteiger partial charge in [0.15, 0.2) is 6.54 Å². The first-order valence-electron chi connectivity index (χ1n) is 8.37. The number of nitrogens with zero attached hydrogens (tertiary/aromatic N) is 1. The molecular weight excluding hydrogens is 318 g/mol. The molecule has 1 fully saturated rings. The average molecular weight is 341 g/mol. The van der Waals surface area contributed by atoms with E-state index >= 15 is 0 Å². The molecule has 7 heteroatoms. The average Bonchev–Trinajstić information content (AvgIpc) is 2.63. The highest BCUT2D eigenvalue weighted by atomic mass is 16.2. The second kappa shape index (κ2) is 7.76. The van der Waals surface area contributed by atoms with Crippen molar-refractivity contribution in [2.45, 2.75) is 0 Å².